The first-order valence-corrected chi connectivity index (χ1v) is 3.84. The molecule has 64 valence electrons. The average molecular weight is 195 g/mol. The van der Waals surface area contributed by atoms with E-state index >= 15 is 0 Å². The largest absolute Gasteiger partial charge is 1.00 e. The predicted molar refractivity (Wildman–Crippen MR) is 46.1 cm³/mol. The molecule has 0 spiro atoms. The van der Waals surface area contributed by atoms with Crippen molar-refractivity contribution in [1.82, 2.24) is 4.98 Å². The SMILES string of the molecule is O=C([O-])c1nccc2ccccc12.[Na+]. The number of aromatic nitrogens is 1. The van der Waals surface area contributed by atoms with Gasteiger partial charge in [-0.05, 0) is 11.5 Å². The quantitative estimate of drug-likeness (QED) is 0.477. The molecule has 0 radical (unpaired) electrons. The van der Waals surface area contributed by atoms with Crippen molar-refractivity contribution in [2.45, 2.75) is 0 Å². The Hall–Kier alpha value is -0.900. The minimum Gasteiger partial charge on any atom is -0.543 e. The Labute approximate surface area is 103 Å². The van der Waals surface area contributed by atoms with Gasteiger partial charge in [0.15, 0.2) is 0 Å². The van der Waals surface area contributed by atoms with Crippen LogP contribution >= 0.6 is 0 Å². The summed E-state index contributed by atoms with van der Waals surface area (Å²) in [6.45, 7) is 0. The minimum absolute atomic E-state index is 0. The molecule has 14 heavy (non-hydrogen) atoms. The first-order chi connectivity index (χ1) is 6.29. The van der Waals surface area contributed by atoms with Crippen LogP contribution in [0, 0.1) is 0 Å². The molecule has 0 aliphatic heterocycles. The molecule has 0 amide bonds. The molecule has 2 rings (SSSR count). The van der Waals surface area contributed by atoms with E-state index in [1.807, 2.05) is 12.1 Å². The number of fused-ring (bicyclic) bond motifs is 1. The van der Waals surface area contributed by atoms with Crippen molar-refractivity contribution in [2.24, 2.45) is 0 Å². The Morgan fingerprint density at radius 3 is 2.64 bits per heavy atom. The molecule has 1 aromatic heterocycles. The molecular weight excluding hydrogens is 189 g/mol. The van der Waals surface area contributed by atoms with Gasteiger partial charge in [0.2, 0.25) is 0 Å². The molecule has 0 aliphatic carbocycles. The molecule has 4 heteroatoms. The van der Waals surface area contributed by atoms with Crippen molar-refractivity contribution < 1.29 is 39.5 Å². The first-order valence-electron chi connectivity index (χ1n) is 3.84. The molecule has 0 aliphatic rings. The topological polar surface area (TPSA) is 53.0 Å². The second-order valence-corrected chi connectivity index (χ2v) is 2.67. The molecule has 0 saturated heterocycles. The summed E-state index contributed by atoms with van der Waals surface area (Å²) in [5, 5.41) is 12.1. The smallest absolute Gasteiger partial charge is 0.543 e. The van der Waals surface area contributed by atoms with E-state index in [-0.39, 0.29) is 35.3 Å². The fourth-order valence-corrected chi connectivity index (χ4v) is 1.28. The summed E-state index contributed by atoms with van der Waals surface area (Å²) in [5.41, 5.74) is -0.00176. The average Bonchev–Trinajstić information content (AvgIpc) is 2.17. The Kier molecular flexibility index (Phi) is 3.63. The van der Waals surface area contributed by atoms with Crippen molar-refractivity contribution in [3.63, 3.8) is 0 Å². The number of rotatable bonds is 1. The molecule has 0 N–H and O–H groups in total. The summed E-state index contributed by atoms with van der Waals surface area (Å²) < 4.78 is 0. The van der Waals surface area contributed by atoms with Gasteiger partial charge in [0, 0.05) is 11.6 Å². The third-order valence-electron chi connectivity index (χ3n) is 1.87. The number of carboxylic acids is 1. The number of benzene rings is 1. The minimum atomic E-state index is -1.24. The third-order valence-corrected chi connectivity index (χ3v) is 1.87. The number of nitrogens with zero attached hydrogens (tertiary/aromatic N) is 1. The molecule has 1 heterocycles. The normalized spacial score (nSPS) is 9.43. The predicted octanol–water partition coefficient (Wildman–Crippen LogP) is -2.40. The van der Waals surface area contributed by atoms with Crippen molar-refractivity contribution in [1.29, 1.82) is 0 Å². The Morgan fingerprint density at radius 2 is 1.93 bits per heavy atom. The number of carboxylic acid groups (broad SMARTS) is 1. The van der Waals surface area contributed by atoms with Crippen molar-refractivity contribution >= 4 is 16.7 Å². The van der Waals surface area contributed by atoms with E-state index in [4.69, 9.17) is 0 Å². The number of pyridine rings is 1. The second kappa shape index (κ2) is 4.55. The van der Waals surface area contributed by atoms with Gasteiger partial charge >= 0.3 is 29.6 Å². The molecule has 0 saturated carbocycles. The van der Waals surface area contributed by atoms with Crippen LogP contribution in [0.1, 0.15) is 10.5 Å². The van der Waals surface area contributed by atoms with E-state index in [0.717, 1.165) is 5.39 Å². The third kappa shape index (κ3) is 1.95. The van der Waals surface area contributed by atoms with Crippen LogP contribution in [0.15, 0.2) is 36.5 Å². The molecule has 0 unspecified atom stereocenters. The molecular formula is C10H6NNaO2. The van der Waals surface area contributed by atoms with E-state index in [1.165, 1.54) is 6.20 Å². The summed E-state index contributed by atoms with van der Waals surface area (Å²) in [6, 6.07) is 8.94. The summed E-state index contributed by atoms with van der Waals surface area (Å²) in [5.74, 6) is -1.24. The zero-order chi connectivity index (χ0) is 9.26. The van der Waals surface area contributed by atoms with Crippen LogP contribution in [-0.4, -0.2) is 11.0 Å². The van der Waals surface area contributed by atoms with Crippen LogP contribution in [0.4, 0.5) is 0 Å². The van der Waals surface area contributed by atoms with Gasteiger partial charge in [0.05, 0.1) is 11.7 Å². The standard InChI is InChI=1S/C10H7NO2.Na/c12-10(13)9-8-4-2-1-3-7(8)5-6-11-9;/h1-6H,(H,12,13);/q;+1/p-1. The zero-order valence-corrected chi connectivity index (χ0v) is 9.73. The van der Waals surface area contributed by atoms with Crippen LogP contribution in [0.5, 0.6) is 0 Å². The number of hydrogen-bond donors (Lipinski definition) is 0. The first kappa shape index (κ1) is 11.2. The van der Waals surface area contributed by atoms with Crippen LogP contribution in [-0.2, 0) is 0 Å². The fourth-order valence-electron chi connectivity index (χ4n) is 1.28. The van der Waals surface area contributed by atoms with E-state index < -0.39 is 5.97 Å². The van der Waals surface area contributed by atoms with E-state index in [2.05, 4.69) is 4.98 Å². The summed E-state index contributed by atoms with van der Waals surface area (Å²) in [4.78, 5) is 14.4. The summed E-state index contributed by atoms with van der Waals surface area (Å²) in [7, 11) is 0. The maximum absolute atomic E-state index is 10.6. The van der Waals surface area contributed by atoms with Crippen molar-refractivity contribution in [3.8, 4) is 0 Å². The van der Waals surface area contributed by atoms with E-state index in [0.29, 0.717) is 5.39 Å². The zero-order valence-electron chi connectivity index (χ0n) is 7.73. The van der Waals surface area contributed by atoms with Gasteiger partial charge in [-0.1, -0.05) is 24.3 Å². The van der Waals surface area contributed by atoms with Crippen molar-refractivity contribution in [2.75, 3.05) is 0 Å². The van der Waals surface area contributed by atoms with Gasteiger partial charge in [-0.15, -0.1) is 0 Å². The summed E-state index contributed by atoms with van der Waals surface area (Å²) in [6.07, 6.45) is 1.47. The van der Waals surface area contributed by atoms with Gasteiger partial charge in [0.25, 0.3) is 0 Å². The number of carbonyl (C=O) groups is 1. The monoisotopic (exact) mass is 195 g/mol. The number of hydrogen-bond acceptors (Lipinski definition) is 3. The van der Waals surface area contributed by atoms with Gasteiger partial charge in [0.1, 0.15) is 0 Å². The van der Waals surface area contributed by atoms with Gasteiger partial charge in [-0.2, -0.15) is 0 Å². The molecule has 1 aromatic carbocycles. The van der Waals surface area contributed by atoms with Crippen LogP contribution < -0.4 is 34.7 Å². The van der Waals surface area contributed by atoms with Gasteiger partial charge in [-0.3, -0.25) is 4.98 Å². The molecule has 3 nitrogen and oxygen atoms in total. The molecule has 0 bridgehead atoms. The van der Waals surface area contributed by atoms with Crippen LogP contribution in [0.25, 0.3) is 10.8 Å². The fraction of sp³-hybridized carbons (Fsp3) is 0. The molecule has 2 aromatic rings. The Morgan fingerprint density at radius 1 is 1.21 bits per heavy atom. The van der Waals surface area contributed by atoms with Gasteiger partial charge < -0.3 is 9.90 Å². The van der Waals surface area contributed by atoms with Crippen LogP contribution in [0.3, 0.4) is 0 Å². The maximum atomic E-state index is 10.6. The van der Waals surface area contributed by atoms with Gasteiger partial charge in [-0.25, -0.2) is 0 Å². The summed E-state index contributed by atoms with van der Waals surface area (Å²) >= 11 is 0. The Balaban J connectivity index is 0.000000980. The number of carbonyl (C=O) groups excluding carboxylic acids is 1. The molecule has 0 atom stereocenters. The Bertz CT molecular complexity index is 465. The van der Waals surface area contributed by atoms with Crippen molar-refractivity contribution in [3.05, 3.63) is 42.2 Å². The van der Waals surface area contributed by atoms with E-state index in [1.54, 1.807) is 18.2 Å². The maximum Gasteiger partial charge on any atom is 1.00 e. The van der Waals surface area contributed by atoms with E-state index in [9.17, 15) is 9.90 Å². The molecule has 0 fully saturated rings. The number of aromatic carboxylic acids is 1. The second-order valence-electron chi connectivity index (χ2n) is 2.67. The van der Waals surface area contributed by atoms with Crippen LogP contribution in [0.2, 0.25) is 0 Å².